The highest BCUT2D eigenvalue weighted by Gasteiger charge is 2.19. The summed E-state index contributed by atoms with van der Waals surface area (Å²) in [4.78, 5) is 32.5. The van der Waals surface area contributed by atoms with Crippen LogP contribution in [0.1, 0.15) is 29.6 Å². The van der Waals surface area contributed by atoms with Crippen molar-refractivity contribution in [2.75, 3.05) is 30.4 Å². The Hall–Kier alpha value is -3.87. The summed E-state index contributed by atoms with van der Waals surface area (Å²) in [6.45, 7) is 2.06. The zero-order valence-electron chi connectivity index (χ0n) is 17.8. The van der Waals surface area contributed by atoms with Gasteiger partial charge in [-0.3, -0.25) is 9.59 Å². The number of fused-ring (bicyclic) bond motifs is 2. The number of methoxy groups -OCH3 is 1. The summed E-state index contributed by atoms with van der Waals surface area (Å²) in [5, 5.41) is 2.74. The molecule has 0 spiro atoms. The monoisotopic (exact) mass is 429 g/mol. The molecule has 2 aromatic rings. The molecule has 1 aliphatic carbocycles. The van der Waals surface area contributed by atoms with Gasteiger partial charge in [-0.1, -0.05) is 12.1 Å². The highest BCUT2D eigenvalue weighted by Crippen LogP contribution is 2.29. The molecule has 2 heterocycles. The number of amides is 1. The van der Waals surface area contributed by atoms with Gasteiger partial charge in [0.1, 0.15) is 17.0 Å². The molecule has 1 amide bonds. The highest BCUT2D eigenvalue weighted by molar-refractivity contribution is 6.05. The molecule has 0 atom stereocenters. The maximum atomic E-state index is 12.8. The molecule has 32 heavy (non-hydrogen) atoms. The van der Waals surface area contributed by atoms with E-state index < -0.39 is 11.3 Å². The van der Waals surface area contributed by atoms with Gasteiger partial charge >= 0.3 is 0 Å². The van der Waals surface area contributed by atoms with Gasteiger partial charge in [0.2, 0.25) is 0 Å². The molecule has 5 rings (SSSR count). The van der Waals surface area contributed by atoms with Gasteiger partial charge in [0.15, 0.2) is 16.8 Å². The molecule has 0 bridgehead atoms. The van der Waals surface area contributed by atoms with Crippen molar-refractivity contribution in [3.8, 4) is 17.2 Å². The van der Waals surface area contributed by atoms with Crippen molar-refractivity contribution in [2.24, 2.45) is 0 Å². The summed E-state index contributed by atoms with van der Waals surface area (Å²) in [5.41, 5.74) is 2.89. The van der Waals surface area contributed by atoms with E-state index in [1.807, 2.05) is 18.2 Å². The van der Waals surface area contributed by atoms with Gasteiger partial charge in [-0.05, 0) is 49.6 Å². The Morgan fingerprint density at radius 1 is 1.06 bits per heavy atom. The van der Waals surface area contributed by atoms with Crippen molar-refractivity contribution >= 4 is 28.4 Å². The first-order valence-corrected chi connectivity index (χ1v) is 10.7. The Kier molecular flexibility index (Phi) is 5.23. The molecule has 0 radical (unpaired) electrons. The average Bonchev–Trinajstić information content (AvgIpc) is 2.83. The summed E-state index contributed by atoms with van der Waals surface area (Å²) in [6, 6.07) is 15.8. The smallest absolute Gasteiger partial charge is 0.259 e. The fourth-order valence-corrected chi connectivity index (χ4v) is 4.11. The Labute approximate surface area is 185 Å². The summed E-state index contributed by atoms with van der Waals surface area (Å²) >= 11 is 0. The fourth-order valence-electron chi connectivity index (χ4n) is 4.11. The van der Waals surface area contributed by atoms with E-state index in [1.165, 1.54) is 38.5 Å². The predicted molar refractivity (Wildman–Crippen MR) is 124 cm³/mol. The van der Waals surface area contributed by atoms with Crippen molar-refractivity contribution in [1.82, 2.24) is 4.98 Å². The Bertz CT molecular complexity index is 1320. The topological polar surface area (TPSA) is 84.7 Å². The van der Waals surface area contributed by atoms with Crippen molar-refractivity contribution in [2.45, 2.75) is 19.3 Å². The largest absolute Gasteiger partial charge is 0.495 e. The molecule has 162 valence electrons. The van der Waals surface area contributed by atoms with Gasteiger partial charge in [-0.25, -0.2) is 4.98 Å². The number of piperidine rings is 1. The number of aromatic nitrogens is 1. The first kappa shape index (κ1) is 20.1. The van der Waals surface area contributed by atoms with E-state index in [-0.39, 0.29) is 5.56 Å². The van der Waals surface area contributed by atoms with Crippen LogP contribution in [0.15, 0.2) is 63.8 Å². The van der Waals surface area contributed by atoms with Gasteiger partial charge in [-0.2, -0.15) is 0 Å². The zero-order chi connectivity index (χ0) is 22.1. The van der Waals surface area contributed by atoms with E-state index in [1.54, 1.807) is 24.3 Å². The second-order valence-corrected chi connectivity index (χ2v) is 7.88. The van der Waals surface area contributed by atoms with Crippen molar-refractivity contribution in [1.29, 1.82) is 0 Å². The van der Waals surface area contributed by atoms with E-state index >= 15 is 0 Å². The molecule has 7 nitrogen and oxygen atoms in total. The molecule has 0 saturated carbocycles. The molecule has 0 aromatic heterocycles. The third-order valence-electron chi connectivity index (χ3n) is 5.79. The van der Waals surface area contributed by atoms with Crippen molar-refractivity contribution < 1.29 is 13.9 Å². The van der Waals surface area contributed by atoms with Crippen molar-refractivity contribution in [3.05, 3.63) is 70.4 Å². The number of carbonyl (C=O) groups is 1. The van der Waals surface area contributed by atoms with Crippen LogP contribution in [0.3, 0.4) is 0 Å². The number of hydrogen-bond donors (Lipinski definition) is 1. The average molecular weight is 429 g/mol. The quantitative estimate of drug-likeness (QED) is 0.479. The first-order chi connectivity index (χ1) is 15.6. The number of nitrogens with zero attached hydrogens (tertiary/aromatic N) is 2. The number of rotatable bonds is 4. The normalized spacial score (nSPS) is 14.0. The number of para-hydroxylation sites is 2. The number of hydrogen-bond acceptors (Lipinski definition) is 6. The third kappa shape index (κ3) is 3.77. The van der Waals surface area contributed by atoms with E-state index in [4.69, 9.17) is 9.15 Å². The minimum atomic E-state index is -0.524. The Morgan fingerprint density at radius 2 is 1.88 bits per heavy atom. The number of benzene rings is 3. The van der Waals surface area contributed by atoms with Crippen LogP contribution in [0, 0.1) is 0 Å². The molecule has 1 fully saturated rings. The molecular formula is C25H23N3O4. The standard InChI is InChI=1S/C25H23N3O4/c1-31-22-8-4-3-7-18(22)27-25(30)17-14-20-24(15-21(17)29)32-23-13-16(9-10-19(23)26-20)28-11-5-2-6-12-28/h3-4,7-10,13-15H,2,5-6,11-12H2,1H3,(H,27,30). The lowest BCUT2D eigenvalue weighted by molar-refractivity contribution is 0.102. The fraction of sp³-hybridized carbons (Fsp3) is 0.240. The SMILES string of the molecule is COc1ccccc1NC(=O)c1cc2nc3ccc(N4CCCCC4)cc3oc-2cc1=O. The van der Waals surface area contributed by atoms with Crippen LogP contribution in [-0.4, -0.2) is 31.1 Å². The van der Waals surface area contributed by atoms with Gasteiger partial charge in [0.25, 0.3) is 5.91 Å². The summed E-state index contributed by atoms with van der Waals surface area (Å²) in [6.07, 6.45) is 3.63. The Balaban J connectivity index is 1.50. The lowest BCUT2D eigenvalue weighted by Gasteiger charge is -2.28. The molecule has 3 aliphatic rings. The van der Waals surface area contributed by atoms with Crippen LogP contribution in [0.25, 0.3) is 22.6 Å². The molecule has 0 unspecified atom stereocenters. The van der Waals surface area contributed by atoms with E-state index in [9.17, 15) is 9.59 Å². The highest BCUT2D eigenvalue weighted by atomic mass is 16.5. The second kappa shape index (κ2) is 8.34. The number of anilines is 2. The van der Waals surface area contributed by atoms with Crippen LogP contribution in [0.5, 0.6) is 5.75 Å². The third-order valence-corrected chi connectivity index (χ3v) is 5.79. The van der Waals surface area contributed by atoms with Gasteiger partial charge in [-0.15, -0.1) is 0 Å². The molecule has 1 N–H and O–H groups in total. The number of nitrogens with one attached hydrogen (secondary N) is 1. The lowest BCUT2D eigenvalue weighted by atomic mass is 10.1. The van der Waals surface area contributed by atoms with E-state index in [0.717, 1.165) is 18.8 Å². The van der Waals surface area contributed by atoms with Crippen LogP contribution < -0.4 is 20.4 Å². The zero-order valence-corrected chi connectivity index (χ0v) is 17.8. The van der Waals surface area contributed by atoms with Crippen LogP contribution in [0.4, 0.5) is 11.4 Å². The summed E-state index contributed by atoms with van der Waals surface area (Å²) in [5.74, 6) is 0.341. The van der Waals surface area contributed by atoms with E-state index in [0.29, 0.717) is 34.0 Å². The predicted octanol–water partition coefficient (Wildman–Crippen LogP) is 4.54. The second-order valence-electron chi connectivity index (χ2n) is 7.88. The van der Waals surface area contributed by atoms with Crippen molar-refractivity contribution in [3.63, 3.8) is 0 Å². The molecule has 2 aliphatic heterocycles. The Morgan fingerprint density at radius 3 is 2.69 bits per heavy atom. The molecule has 1 saturated heterocycles. The lowest BCUT2D eigenvalue weighted by Crippen LogP contribution is -2.29. The molecule has 2 aromatic carbocycles. The number of ether oxygens (including phenoxy) is 1. The minimum Gasteiger partial charge on any atom is -0.495 e. The van der Waals surface area contributed by atoms with Crippen LogP contribution in [0.2, 0.25) is 0 Å². The first-order valence-electron chi connectivity index (χ1n) is 10.7. The van der Waals surface area contributed by atoms with Gasteiger partial charge in [0, 0.05) is 30.9 Å². The van der Waals surface area contributed by atoms with Gasteiger partial charge in [0.05, 0.1) is 18.4 Å². The minimum absolute atomic E-state index is 0.00427. The van der Waals surface area contributed by atoms with E-state index in [2.05, 4.69) is 15.2 Å². The van der Waals surface area contributed by atoms with Gasteiger partial charge < -0.3 is 19.4 Å². The van der Waals surface area contributed by atoms with Crippen LogP contribution >= 0.6 is 0 Å². The molecule has 7 heteroatoms. The number of carbonyl (C=O) groups excluding carboxylic acids is 1. The summed E-state index contributed by atoms with van der Waals surface area (Å²) < 4.78 is 11.3. The molecular weight excluding hydrogens is 406 g/mol. The van der Waals surface area contributed by atoms with Crippen LogP contribution in [-0.2, 0) is 0 Å². The summed E-state index contributed by atoms with van der Waals surface area (Å²) in [7, 11) is 1.52. The maximum absolute atomic E-state index is 12.8. The maximum Gasteiger partial charge on any atom is 0.259 e.